The first-order valence-electron chi connectivity index (χ1n) is 6.36. The predicted octanol–water partition coefficient (Wildman–Crippen LogP) is 1.18. The molecule has 2 aromatic rings. The SMILES string of the molecule is Cl.NC1(c2noc(CCn3cc([N+](=O)[O-])cn3)n2)CCC1. The van der Waals surface area contributed by atoms with E-state index >= 15 is 0 Å². The van der Waals surface area contributed by atoms with E-state index in [0.717, 1.165) is 19.3 Å². The number of nitrogens with zero attached hydrogens (tertiary/aromatic N) is 5. The van der Waals surface area contributed by atoms with Crippen LogP contribution in [0.1, 0.15) is 31.0 Å². The molecule has 2 aromatic heterocycles. The highest BCUT2D eigenvalue weighted by Crippen LogP contribution is 2.36. The Kier molecular flexibility index (Phi) is 4.24. The summed E-state index contributed by atoms with van der Waals surface area (Å²) < 4.78 is 6.62. The molecule has 0 saturated heterocycles. The number of aromatic nitrogens is 4. The second-order valence-electron chi connectivity index (χ2n) is 4.99. The van der Waals surface area contributed by atoms with Crippen molar-refractivity contribution < 1.29 is 9.45 Å². The number of halogens is 1. The molecule has 0 aromatic carbocycles. The molecule has 1 aliphatic carbocycles. The lowest BCUT2D eigenvalue weighted by molar-refractivity contribution is -0.385. The van der Waals surface area contributed by atoms with Crippen molar-refractivity contribution >= 4 is 18.1 Å². The maximum absolute atomic E-state index is 10.5. The summed E-state index contributed by atoms with van der Waals surface area (Å²) in [6.45, 7) is 0.438. The van der Waals surface area contributed by atoms with Crippen LogP contribution in [-0.4, -0.2) is 24.8 Å². The molecule has 1 saturated carbocycles. The fourth-order valence-corrected chi connectivity index (χ4v) is 2.12. The van der Waals surface area contributed by atoms with Crippen LogP contribution in [0.15, 0.2) is 16.9 Å². The predicted molar refractivity (Wildman–Crippen MR) is 73.8 cm³/mol. The fraction of sp³-hybridized carbons (Fsp3) is 0.545. The largest absolute Gasteiger partial charge is 0.339 e. The standard InChI is InChI=1S/C11H14N6O3.ClH/c12-11(3-1-4-11)10-14-9(20-15-10)2-5-16-7-8(6-13-16)17(18)19;/h6-7H,1-5,12H2;1H. The smallest absolute Gasteiger partial charge is 0.306 e. The van der Waals surface area contributed by atoms with Gasteiger partial charge in [-0.2, -0.15) is 10.1 Å². The Labute approximate surface area is 126 Å². The number of nitrogens with two attached hydrogens (primary N) is 1. The van der Waals surface area contributed by atoms with Crippen LogP contribution in [0, 0.1) is 10.1 Å². The molecule has 114 valence electrons. The second-order valence-corrected chi connectivity index (χ2v) is 4.99. The molecule has 2 N–H and O–H groups in total. The quantitative estimate of drug-likeness (QED) is 0.648. The Morgan fingerprint density at radius 2 is 2.29 bits per heavy atom. The van der Waals surface area contributed by atoms with E-state index < -0.39 is 10.5 Å². The van der Waals surface area contributed by atoms with E-state index in [1.807, 2.05) is 0 Å². The average Bonchev–Trinajstić information content (AvgIpc) is 3.02. The molecule has 0 atom stereocenters. The van der Waals surface area contributed by atoms with Gasteiger partial charge in [-0.1, -0.05) is 5.16 Å². The number of hydrogen-bond acceptors (Lipinski definition) is 7. The molecule has 21 heavy (non-hydrogen) atoms. The Hall–Kier alpha value is -2.00. The summed E-state index contributed by atoms with van der Waals surface area (Å²) in [5.41, 5.74) is 5.63. The van der Waals surface area contributed by atoms with E-state index in [0.29, 0.717) is 24.7 Å². The van der Waals surface area contributed by atoms with Gasteiger partial charge < -0.3 is 10.3 Å². The summed E-state index contributed by atoms with van der Waals surface area (Å²) in [5, 5.41) is 18.3. The van der Waals surface area contributed by atoms with Crippen molar-refractivity contribution in [2.45, 2.75) is 37.8 Å². The Balaban J connectivity index is 0.00000161. The summed E-state index contributed by atoms with van der Waals surface area (Å²) in [4.78, 5) is 14.3. The molecule has 0 radical (unpaired) electrons. The first-order valence-corrected chi connectivity index (χ1v) is 6.36. The Morgan fingerprint density at radius 1 is 1.52 bits per heavy atom. The zero-order chi connectivity index (χ0) is 14.2. The van der Waals surface area contributed by atoms with Crippen LogP contribution in [0.3, 0.4) is 0 Å². The number of aryl methyl sites for hydroxylation is 2. The van der Waals surface area contributed by atoms with E-state index in [2.05, 4.69) is 15.2 Å². The molecule has 0 bridgehead atoms. The van der Waals surface area contributed by atoms with Gasteiger partial charge in [-0.15, -0.1) is 12.4 Å². The second kappa shape index (κ2) is 5.78. The van der Waals surface area contributed by atoms with Crippen LogP contribution in [0.4, 0.5) is 5.69 Å². The first kappa shape index (κ1) is 15.4. The van der Waals surface area contributed by atoms with E-state index in [1.54, 1.807) is 0 Å². The van der Waals surface area contributed by atoms with Crippen molar-refractivity contribution in [3.63, 3.8) is 0 Å². The number of hydrogen-bond donors (Lipinski definition) is 1. The lowest BCUT2D eigenvalue weighted by atomic mass is 9.77. The molecule has 10 heteroatoms. The first-order chi connectivity index (χ1) is 9.57. The Bertz CT molecular complexity index is 635. The maximum Gasteiger partial charge on any atom is 0.306 e. The van der Waals surface area contributed by atoms with Crippen LogP contribution in [-0.2, 0) is 18.5 Å². The molecule has 1 aliphatic rings. The monoisotopic (exact) mass is 314 g/mol. The summed E-state index contributed by atoms with van der Waals surface area (Å²) in [5.74, 6) is 1.01. The van der Waals surface area contributed by atoms with Gasteiger partial charge in [0.15, 0.2) is 5.82 Å². The van der Waals surface area contributed by atoms with Gasteiger partial charge in [0.05, 0.1) is 10.5 Å². The van der Waals surface area contributed by atoms with Gasteiger partial charge in [-0.05, 0) is 19.3 Å². The van der Waals surface area contributed by atoms with E-state index in [4.69, 9.17) is 10.3 Å². The van der Waals surface area contributed by atoms with Gasteiger partial charge >= 0.3 is 5.69 Å². The highest BCUT2D eigenvalue weighted by molar-refractivity contribution is 5.85. The van der Waals surface area contributed by atoms with Crippen molar-refractivity contribution in [2.24, 2.45) is 5.73 Å². The zero-order valence-electron chi connectivity index (χ0n) is 11.1. The molecule has 9 nitrogen and oxygen atoms in total. The van der Waals surface area contributed by atoms with Crippen molar-refractivity contribution in [3.05, 3.63) is 34.2 Å². The van der Waals surface area contributed by atoms with Gasteiger partial charge in [-0.25, -0.2) is 0 Å². The molecule has 0 spiro atoms. The van der Waals surface area contributed by atoms with E-state index in [9.17, 15) is 10.1 Å². The average molecular weight is 315 g/mol. The summed E-state index contributed by atoms with van der Waals surface area (Å²) in [6.07, 6.45) is 5.87. The minimum atomic E-state index is -0.483. The zero-order valence-corrected chi connectivity index (χ0v) is 12.0. The van der Waals surface area contributed by atoms with Gasteiger partial charge in [0.2, 0.25) is 5.89 Å². The topological polar surface area (TPSA) is 126 Å². The molecule has 0 amide bonds. The van der Waals surface area contributed by atoms with Gasteiger partial charge in [0.25, 0.3) is 0 Å². The van der Waals surface area contributed by atoms with Gasteiger partial charge in [0, 0.05) is 13.0 Å². The van der Waals surface area contributed by atoms with Crippen LogP contribution in [0.25, 0.3) is 0 Å². The third kappa shape index (κ3) is 3.03. The molecule has 0 aliphatic heterocycles. The van der Waals surface area contributed by atoms with Crippen molar-refractivity contribution in [1.29, 1.82) is 0 Å². The lowest BCUT2D eigenvalue weighted by Gasteiger charge is -2.34. The van der Waals surface area contributed by atoms with Crippen molar-refractivity contribution in [1.82, 2.24) is 19.9 Å². The minimum Gasteiger partial charge on any atom is -0.339 e. The third-order valence-electron chi connectivity index (χ3n) is 3.54. The van der Waals surface area contributed by atoms with Gasteiger partial charge in [0.1, 0.15) is 12.4 Å². The van der Waals surface area contributed by atoms with E-state index in [1.165, 1.54) is 17.1 Å². The van der Waals surface area contributed by atoms with Crippen molar-refractivity contribution in [2.75, 3.05) is 0 Å². The van der Waals surface area contributed by atoms with Gasteiger partial charge in [-0.3, -0.25) is 14.8 Å². The molecule has 0 unspecified atom stereocenters. The molecule has 1 fully saturated rings. The fourth-order valence-electron chi connectivity index (χ4n) is 2.12. The normalized spacial score (nSPS) is 16.0. The lowest BCUT2D eigenvalue weighted by Crippen LogP contribution is -2.44. The van der Waals surface area contributed by atoms with Crippen LogP contribution >= 0.6 is 12.4 Å². The maximum atomic E-state index is 10.5. The molecular formula is C11H15ClN6O3. The third-order valence-corrected chi connectivity index (χ3v) is 3.54. The molecular weight excluding hydrogens is 300 g/mol. The Morgan fingerprint density at radius 3 is 2.86 bits per heavy atom. The van der Waals surface area contributed by atoms with Crippen LogP contribution in [0.5, 0.6) is 0 Å². The van der Waals surface area contributed by atoms with Crippen LogP contribution in [0.2, 0.25) is 0 Å². The van der Waals surface area contributed by atoms with Crippen LogP contribution < -0.4 is 5.73 Å². The highest BCUT2D eigenvalue weighted by Gasteiger charge is 2.38. The summed E-state index contributed by atoms with van der Waals surface area (Å²) in [7, 11) is 0. The highest BCUT2D eigenvalue weighted by atomic mass is 35.5. The summed E-state index contributed by atoms with van der Waals surface area (Å²) in [6, 6.07) is 0. The summed E-state index contributed by atoms with van der Waals surface area (Å²) >= 11 is 0. The molecule has 3 rings (SSSR count). The number of nitro groups is 1. The molecule has 2 heterocycles. The number of rotatable bonds is 5. The van der Waals surface area contributed by atoms with Crippen molar-refractivity contribution in [3.8, 4) is 0 Å². The minimum absolute atomic E-state index is 0. The van der Waals surface area contributed by atoms with E-state index in [-0.39, 0.29) is 18.1 Å².